The Balaban J connectivity index is 2.23. The van der Waals surface area contributed by atoms with Gasteiger partial charge in [0, 0.05) is 25.2 Å². The highest BCUT2D eigenvalue weighted by molar-refractivity contribution is 7.89. The Labute approximate surface area is 167 Å². The van der Waals surface area contributed by atoms with Crippen LogP contribution in [0.25, 0.3) is 0 Å². The van der Waals surface area contributed by atoms with Gasteiger partial charge in [0.15, 0.2) is 0 Å². The summed E-state index contributed by atoms with van der Waals surface area (Å²) in [5.41, 5.74) is 0.929. The maximum absolute atomic E-state index is 12.9. The highest BCUT2D eigenvalue weighted by Gasteiger charge is 2.25. The summed E-state index contributed by atoms with van der Waals surface area (Å²) in [6.45, 7) is 6.42. The summed E-state index contributed by atoms with van der Waals surface area (Å²) in [5.74, 6) is 0.424. The van der Waals surface area contributed by atoms with Gasteiger partial charge in [-0.15, -0.1) is 0 Å². The summed E-state index contributed by atoms with van der Waals surface area (Å²) in [6, 6.07) is 8.30. The number of benzene rings is 1. The van der Waals surface area contributed by atoms with Crippen LogP contribution in [0.5, 0.6) is 0 Å². The minimum absolute atomic E-state index is 0.122. The first-order valence-electron chi connectivity index (χ1n) is 9.31. The van der Waals surface area contributed by atoms with Gasteiger partial charge in [0.25, 0.3) is 5.91 Å². The number of nitrogens with zero attached hydrogens (tertiary/aromatic N) is 2. The van der Waals surface area contributed by atoms with E-state index < -0.39 is 10.0 Å². The van der Waals surface area contributed by atoms with Gasteiger partial charge in [-0.25, -0.2) is 8.42 Å². The molecule has 2 aromatic rings. The van der Waals surface area contributed by atoms with Crippen molar-refractivity contribution in [3.8, 4) is 0 Å². The quantitative estimate of drug-likeness (QED) is 0.691. The molecule has 1 amide bonds. The van der Waals surface area contributed by atoms with E-state index in [9.17, 15) is 13.2 Å². The van der Waals surface area contributed by atoms with Crippen LogP contribution in [0.4, 0.5) is 0 Å². The first-order valence-corrected chi connectivity index (χ1v) is 10.7. The summed E-state index contributed by atoms with van der Waals surface area (Å²) >= 11 is 0. The number of amides is 1. The Bertz CT molecular complexity index is 888. The standard InChI is InChI=1S/C20H29N3O4S/c1-6-23(7-2)28(25,26)19-13-16(11-10-15(19)3)20(24)21-14-17(22(4)5)18-9-8-12-27-18/h8-13,17H,6-7,14H2,1-5H3,(H,21,24). The number of sulfonamides is 1. The second-order valence-corrected chi connectivity index (χ2v) is 8.68. The average molecular weight is 408 g/mol. The highest BCUT2D eigenvalue weighted by atomic mass is 32.2. The van der Waals surface area contributed by atoms with Gasteiger partial charge in [-0.05, 0) is 50.8 Å². The molecule has 0 fully saturated rings. The van der Waals surface area contributed by atoms with Crippen LogP contribution in [0, 0.1) is 6.92 Å². The summed E-state index contributed by atoms with van der Waals surface area (Å²) < 4.78 is 32.6. The fourth-order valence-electron chi connectivity index (χ4n) is 3.03. The number of hydrogen-bond acceptors (Lipinski definition) is 5. The number of aryl methyl sites for hydroxylation is 1. The molecule has 0 aliphatic heterocycles. The molecule has 1 atom stereocenters. The van der Waals surface area contributed by atoms with Crippen LogP contribution >= 0.6 is 0 Å². The highest BCUT2D eigenvalue weighted by Crippen LogP contribution is 2.22. The van der Waals surface area contributed by atoms with Crippen LogP contribution in [0.15, 0.2) is 45.9 Å². The van der Waals surface area contributed by atoms with E-state index in [2.05, 4.69) is 5.32 Å². The van der Waals surface area contributed by atoms with E-state index in [1.165, 1.54) is 10.4 Å². The summed E-state index contributed by atoms with van der Waals surface area (Å²) in [6.07, 6.45) is 1.60. The molecule has 0 radical (unpaired) electrons. The molecule has 1 unspecified atom stereocenters. The molecule has 0 aliphatic rings. The Morgan fingerprint density at radius 1 is 1.18 bits per heavy atom. The second kappa shape index (κ2) is 9.36. The third-order valence-electron chi connectivity index (χ3n) is 4.72. The van der Waals surface area contributed by atoms with Crippen molar-refractivity contribution < 1.29 is 17.6 Å². The van der Waals surface area contributed by atoms with Crippen molar-refractivity contribution in [1.29, 1.82) is 0 Å². The van der Waals surface area contributed by atoms with E-state index in [0.717, 1.165) is 5.76 Å². The number of rotatable bonds is 9. The van der Waals surface area contributed by atoms with E-state index in [1.54, 1.807) is 45.2 Å². The number of nitrogens with one attached hydrogen (secondary N) is 1. The molecule has 0 saturated carbocycles. The van der Waals surface area contributed by atoms with Crippen molar-refractivity contribution >= 4 is 15.9 Å². The molecular formula is C20H29N3O4S. The van der Waals surface area contributed by atoms with Crippen LogP contribution in [0.2, 0.25) is 0 Å². The van der Waals surface area contributed by atoms with Crippen LogP contribution in [-0.2, 0) is 10.0 Å². The molecule has 8 heteroatoms. The Kier molecular flexibility index (Phi) is 7.40. The summed E-state index contributed by atoms with van der Waals surface area (Å²) in [4.78, 5) is 14.8. The van der Waals surface area contributed by atoms with Crippen molar-refractivity contribution in [2.45, 2.75) is 31.7 Å². The fraction of sp³-hybridized carbons (Fsp3) is 0.450. The van der Waals surface area contributed by atoms with Gasteiger partial charge in [-0.1, -0.05) is 19.9 Å². The molecule has 1 N–H and O–H groups in total. The zero-order chi connectivity index (χ0) is 20.9. The van der Waals surface area contributed by atoms with Crippen molar-refractivity contribution in [3.05, 3.63) is 53.5 Å². The third kappa shape index (κ3) is 4.81. The zero-order valence-corrected chi connectivity index (χ0v) is 17.9. The maximum Gasteiger partial charge on any atom is 0.251 e. The molecular weight excluding hydrogens is 378 g/mol. The van der Waals surface area contributed by atoms with Crippen molar-refractivity contribution in [2.75, 3.05) is 33.7 Å². The zero-order valence-electron chi connectivity index (χ0n) is 17.1. The van der Waals surface area contributed by atoms with Gasteiger partial charge >= 0.3 is 0 Å². The largest absolute Gasteiger partial charge is 0.468 e. The van der Waals surface area contributed by atoms with E-state index in [4.69, 9.17) is 4.42 Å². The van der Waals surface area contributed by atoms with Crippen LogP contribution in [-0.4, -0.2) is 57.3 Å². The normalized spacial score (nSPS) is 13.1. The molecule has 1 heterocycles. The monoisotopic (exact) mass is 407 g/mol. The molecule has 0 saturated heterocycles. The molecule has 0 spiro atoms. The topological polar surface area (TPSA) is 82.9 Å². The second-order valence-electron chi connectivity index (χ2n) is 6.77. The number of likely N-dealkylation sites (N-methyl/N-ethyl adjacent to an activating group) is 1. The molecule has 0 aliphatic carbocycles. The van der Waals surface area contributed by atoms with Crippen molar-refractivity contribution in [3.63, 3.8) is 0 Å². The molecule has 7 nitrogen and oxygen atoms in total. The van der Waals surface area contributed by atoms with E-state index in [1.807, 2.05) is 25.1 Å². The first-order chi connectivity index (χ1) is 13.2. The lowest BCUT2D eigenvalue weighted by Crippen LogP contribution is -2.35. The molecule has 1 aromatic heterocycles. The van der Waals surface area contributed by atoms with Crippen molar-refractivity contribution in [1.82, 2.24) is 14.5 Å². The molecule has 154 valence electrons. The predicted octanol–water partition coefficient (Wildman–Crippen LogP) is 2.65. The molecule has 28 heavy (non-hydrogen) atoms. The lowest BCUT2D eigenvalue weighted by Gasteiger charge is -2.23. The average Bonchev–Trinajstić information content (AvgIpc) is 3.16. The molecule has 1 aromatic carbocycles. The minimum Gasteiger partial charge on any atom is -0.468 e. The van der Waals surface area contributed by atoms with E-state index >= 15 is 0 Å². The predicted molar refractivity (Wildman–Crippen MR) is 109 cm³/mol. The minimum atomic E-state index is -3.64. The number of furan rings is 1. The number of carbonyl (C=O) groups excluding carboxylic acids is 1. The smallest absolute Gasteiger partial charge is 0.251 e. The lowest BCUT2D eigenvalue weighted by molar-refractivity contribution is 0.0939. The molecule has 0 bridgehead atoms. The van der Waals surface area contributed by atoms with Gasteiger partial charge in [0.05, 0.1) is 17.2 Å². The van der Waals surface area contributed by atoms with Crippen LogP contribution in [0.3, 0.4) is 0 Å². The lowest BCUT2D eigenvalue weighted by atomic mass is 10.1. The molecule has 2 rings (SSSR count). The fourth-order valence-corrected chi connectivity index (χ4v) is 4.74. The van der Waals surface area contributed by atoms with Gasteiger partial charge in [0.1, 0.15) is 5.76 Å². The maximum atomic E-state index is 12.9. The summed E-state index contributed by atoms with van der Waals surface area (Å²) in [7, 11) is 0.168. The van der Waals surface area contributed by atoms with Crippen LogP contribution < -0.4 is 5.32 Å². The summed E-state index contributed by atoms with van der Waals surface area (Å²) in [5, 5.41) is 2.87. The van der Waals surface area contributed by atoms with Gasteiger partial charge in [0.2, 0.25) is 10.0 Å². The van der Waals surface area contributed by atoms with Gasteiger partial charge in [-0.2, -0.15) is 4.31 Å². The van der Waals surface area contributed by atoms with Gasteiger partial charge in [-0.3, -0.25) is 9.69 Å². The van der Waals surface area contributed by atoms with E-state index in [0.29, 0.717) is 30.8 Å². The number of hydrogen-bond donors (Lipinski definition) is 1. The number of carbonyl (C=O) groups is 1. The van der Waals surface area contributed by atoms with Gasteiger partial charge < -0.3 is 9.73 Å². The van der Waals surface area contributed by atoms with Crippen LogP contribution in [0.1, 0.15) is 41.6 Å². The van der Waals surface area contributed by atoms with Crippen molar-refractivity contribution in [2.24, 2.45) is 0 Å². The Morgan fingerprint density at radius 2 is 1.86 bits per heavy atom. The Hall–Kier alpha value is -2.16. The third-order valence-corrected chi connectivity index (χ3v) is 6.92. The first kappa shape index (κ1) is 22.1. The SMILES string of the molecule is CCN(CC)S(=O)(=O)c1cc(C(=O)NCC(c2ccco2)N(C)C)ccc1C. The Morgan fingerprint density at radius 3 is 2.39 bits per heavy atom. The van der Waals surface area contributed by atoms with E-state index in [-0.39, 0.29) is 16.8 Å².